The van der Waals surface area contributed by atoms with Crippen molar-refractivity contribution in [1.29, 1.82) is 0 Å². The summed E-state index contributed by atoms with van der Waals surface area (Å²) in [6.07, 6.45) is 0.975. The van der Waals surface area contributed by atoms with Gasteiger partial charge in [0, 0.05) is 20.0 Å². The van der Waals surface area contributed by atoms with Gasteiger partial charge in [-0.1, -0.05) is 6.07 Å². The van der Waals surface area contributed by atoms with Crippen molar-refractivity contribution in [3.05, 3.63) is 33.6 Å². The van der Waals surface area contributed by atoms with E-state index in [0.717, 1.165) is 28.9 Å². The molecule has 0 atom stereocenters. The number of hydrogen-bond acceptors (Lipinski definition) is 2. The van der Waals surface area contributed by atoms with E-state index in [1.807, 2.05) is 7.05 Å². The molecule has 0 aliphatic heterocycles. The fourth-order valence-electron chi connectivity index (χ4n) is 2.83. The highest BCUT2D eigenvalue weighted by Gasteiger charge is 2.18. The van der Waals surface area contributed by atoms with E-state index in [9.17, 15) is 0 Å². The number of rotatable bonds is 3. The topological polar surface area (TPSA) is 34.3 Å². The van der Waals surface area contributed by atoms with Crippen LogP contribution in [-0.4, -0.2) is 27.5 Å². The zero-order valence-electron chi connectivity index (χ0n) is 12.3. The molecule has 0 unspecified atom stereocenters. The summed E-state index contributed by atoms with van der Waals surface area (Å²) in [6, 6.07) is 4.39. The Hall–Kier alpha value is -1.33. The number of nitrogens with zero attached hydrogens (tertiary/aromatic N) is 3. The molecule has 0 spiro atoms. The van der Waals surface area contributed by atoms with Crippen molar-refractivity contribution < 1.29 is 0 Å². The number of benzene rings is 1. The molecule has 3 rings (SSSR count). The van der Waals surface area contributed by atoms with Crippen LogP contribution < -0.4 is 5.32 Å². The Morgan fingerprint density at radius 2 is 2.05 bits per heavy atom. The molecule has 4 nitrogen and oxygen atoms in total. The van der Waals surface area contributed by atoms with E-state index in [4.69, 9.17) is 4.98 Å². The quantitative estimate of drug-likeness (QED) is 0.799. The van der Waals surface area contributed by atoms with Gasteiger partial charge in [-0.3, -0.25) is 4.40 Å². The van der Waals surface area contributed by atoms with E-state index in [1.54, 1.807) is 0 Å². The van der Waals surface area contributed by atoms with Crippen LogP contribution in [0.3, 0.4) is 0 Å². The van der Waals surface area contributed by atoms with E-state index in [1.165, 1.54) is 22.3 Å². The number of nitrogens with one attached hydrogen (secondary N) is 1. The summed E-state index contributed by atoms with van der Waals surface area (Å²) in [4.78, 5) is 4.82. The molecule has 5 heteroatoms. The maximum Gasteiger partial charge on any atom is 0.215 e. The molecule has 1 N–H and O–H groups in total. The Labute approximate surface area is 126 Å². The van der Waals surface area contributed by atoms with Gasteiger partial charge in [-0.15, -0.1) is 0 Å². The molecule has 0 aliphatic carbocycles. The smallest absolute Gasteiger partial charge is 0.215 e. The third-order valence-corrected chi connectivity index (χ3v) is 4.64. The van der Waals surface area contributed by atoms with Crippen molar-refractivity contribution in [3.63, 3.8) is 0 Å². The van der Waals surface area contributed by atoms with Gasteiger partial charge in [0.15, 0.2) is 0 Å². The molecule has 0 bridgehead atoms. The van der Waals surface area contributed by atoms with Gasteiger partial charge in [0.2, 0.25) is 5.78 Å². The fraction of sp³-hybridized carbons (Fsp3) is 0.400. The number of halogens is 1. The number of fused-ring (bicyclic) bond motifs is 3. The average molecular weight is 335 g/mol. The van der Waals surface area contributed by atoms with Crippen molar-refractivity contribution in [2.75, 3.05) is 13.6 Å². The predicted molar refractivity (Wildman–Crippen MR) is 86.5 cm³/mol. The highest BCUT2D eigenvalue weighted by molar-refractivity contribution is 9.10. The average Bonchev–Trinajstić information content (AvgIpc) is 2.87. The Morgan fingerprint density at radius 3 is 2.75 bits per heavy atom. The van der Waals surface area contributed by atoms with Crippen LogP contribution >= 0.6 is 15.9 Å². The zero-order valence-corrected chi connectivity index (χ0v) is 13.9. The summed E-state index contributed by atoms with van der Waals surface area (Å²) in [7, 11) is 4.06. The molecule has 0 saturated heterocycles. The van der Waals surface area contributed by atoms with Gasteiger partial charge in [0.25, 0.3) is 0 Å². The highest BCUT2D eigenvalue weighted by atomic mass is 79.9. The first-order valence-corrected chi connectivity index (χ1v) is 7.61. The van der Waals surface area contributed by atoms with Gasteiger partial charge in [-0.05, 0) is 54.0 Å². The van der Waals surface area contributed by atoms with Crippen LogP contribution in [0.2, 0.25) is 0 Å². The maximum atomic E-state index is 4.82. The van der Waals surface area contributed by atoms with Crippen LogP contribution in [0.1, 0.15) is 16.8 Å². The monoisotopic (exact) mass is 334 g/mol. The zero-order chi connectivity index (χ0) is 14.4. The molecule has 106 valence electrons. The van der Waals surface area contributed by atoms with Crippen molar-refractivity contribution >= 4 is 32.7 Å². The molecular weight excluding hydrogens is 316 g/mol. The number of hydrogen-bond donors (Lipinski definition) is 1. The van der Waals surface area contributed by atoms with Crippen LogP contribution in [0.25, 0.3) is 16.8 Å². The molecule has 0 amide bonds. The lowest BCUT2D eigenvalue weighted by Crippen LogP contribution is -2.12. The standard InChI is InChI=1S/C15H19BrN4/c1-9-7-10(2)13-12(8-9)20-14(16)11(5-6-17-3)19(4)15(20)18-13/h7-8,17H,5-6H2,1-4H3. The van der Waals surface area contributed by atoms with Gasteiger partial charge in [-0.2, -0.15) is 0 Å². The minimum atomic E-state index is 0.954. The van der Waals surface area contributed by atoms with Crippen molar-refractivity contribution in [2.45, 2.75) is 20.3 Å². The van der Waals surface area contributed by atoms with Crippen LogP contribution in [0, 0.1) is 13.8 Å². The van der Waals surface area contributed by atoms with Gasteiger partial charge >= 0.3 is 0 Å². The van der Waals surface area contributed by atoms with E-state index in [0.29, 0.717) is 0 Å². The summed E-state index contributed by atoms with van der Waals surface area (Å²) < 4.78 is 5.49. The maximum absolute atomic E-state index is 4.82. The second-order valence-electron chi connectivity index (χ2n) is 5.35. The van der Waals surface area contributed by atoms with E-state index in [2.05, 4.69) is 63.2 Å². The minimum absolute atomic E-state index is 0.954. The SMILES string of the molecule is CNCCc1c(Br)n2c3cc(C)cc(C)c3nc2n1C. The van der Waals surface area contributed by atoms with Crippen LogP contribution in [0.4, 0.5) is 0 Å². The molecule has 2 heterocycles. The normalized spacial score (nSPS) is 11.8. The van der Waals surface area contributed by atoms with Crippen LogP contribution in [-0.2, 0) is 13.5 Å². The van der Waals surface area contributed by atoms with Gasteiger partial charge in [-0.25, -0.2) is 4.98 Å². The third-order valence-electron chi connectivity index (χ3n) is 3.83. The van der Waals surface area contributed by atoms with E-state index >= 15 is 0 Å². The number of likely N-dealkylation sites (N-methyl/N-ethyl adjacent to an activating group) is 1. The van der Waals surface area contributed by atoms with E-state index in [-0.39, 0.29) is 0 Å². The van der Waals surface area contributed by atoms with Gasteiger partial charge < -0.3 is 9.88 Å². The van der Waals surface area contributed by atoms with Crippen molar-refractivity contribution in [2.24, 2.45) is 7.05 Å². The molecular formula is C15H19BrN4. The first kappa shape index (κ1) is 13.6. The summed E-state index contributed by atoms with van der Waals surface area (Å²) in [5, 5.41) is 3.20. The number of imidazole rings is 2. The number of aryl methyl sites for hydroxylation is 3. The van der Waals surface area contributed by atoms with Crippen molar-refractivity contribution in [3.8, 4) is 0 Å². The van der Waals surface area contributed by atoms with Gasteiger partial charge in [0.05, 0.1) is 16.7 Å². The number of aromatic nitrogens is 3. The van der Waals surface area contributed by atoms with Crippen LogP contribution in [0.15, 0.2) is 16.7 Å². The fourth-order valence-corrected chi connectivity index (χ4v) is 3.65. The summed E-state index contributed by atoms with van der Waals surface area (Å²) in [6.45, 7) is 5.21. The molecule has 20 heavy (non-hydrogen) atoms. The lowest BCUT2D eigenvalue weighted by molar-refractivity contribution is 0.741. The lowest BCUT2D eigenvalue weighted by Gasteiger charge is -2.04. The first-order valence-electron chi connectivity index (χ1n) is 6.81. The summed E-state index contributed by atoms with van der Waals surface area (Å²) >= 11 is 3.76. The van der Waals surface area contributed by atoms with Crippen LogP contribution in [0.5, 0.6) is 0 Å². The Morgan fingerprint density at radius 1 is 1.30 bits per heavy atom. The minimum Gasteiger partial charge on any atom is -0.319 e. The van der Waals surface area contributed by atoms with Gasteiger partial charge in [0.1, 0.15) is 4.60 Å². The molecule has 2 aromatic heterocycles. The Balaban J connectivity index is 2.34. The molecule has 0 saturated carbocycles. The highest BCUT2D eigenvalue weighted by Crippen LogP contribution is 2.29. The predicted octanol–water partition coefficient (Wildman–Crippen LogP) is 2.97. The molecule has 0 fully saturated rings. The largest absolute Gasteiger partial charge is 0.319 e. The van der Waals surface area contributed by atoms with Crippen molar-refractivity contribution in [1.82, 2.24) is 19.3 Å². The summed E-state index contributed by atoms with van der Waals surface area (Å²) in [5.41, 5.74) is 6.03. The molecule has 1 aromatic carbocycles. The molecule has 0 aliphatic rings. The Bertz CT molecular complexity index is 798. The summed E-state index contributed by atoms with van der Waals surface area (Å²) in [5.74, 6) is 0.992. The Kier molecular flexibility index (Phi) is 3.34. The second kappa shape index (κ2) is 4.90. The third kappa shape index (κ3) is 1.88. The van der Waals surface area contributed by atoms with E-state index < -0.39 is 0 Å². The second-order valence-corrected chi connectivity index (χ2v) is 6.10. The lowest BCUT2D eigenvalue weighted by atomic mass is 10.1. The molecule has 0 radical (unpaired) electrons. The first-order chi connectivity index (χ1) is 9.54. The molecule has 3 aromatic rings.